The van der Waals surface area contributed by atoms with E-state index in [4.69, 9.17) is 17.4 Å². The molecule has 2 N–H and O–H groups in total. The minimum atomic E-state index is 0.562. The van der Waals surface area contributed by atoms with E-state index >= 15 is 0 Å². The third kappa shape index (κ3) is 10.3. The van der Waals surface area contributed by atoms with E-state index in [9.17, 15) is 0 Å². The van der Waals surface area contributed by atoms with Crippen LogP contribution in [0.5, 0.6) is 0 Å². The molecule has 0 aromatic carbocycles. The van der Waals surface area contributed by atoms with Gasteiger partial charge in [-0.3, -0.25) is 10.7 Å². The van der Waals surface area contributed by atoms with Crippen molar-refractivity contribution in [3.05, 3.63) is 0 Å². The number of thioether (sulfide) groups is 1. The van der Waals surface area contributed by atoms with E-state index in [0.29, 0.717) is 4.99 Å². The second-order valence-corrected chi connectivity index (χ2v) is 4.88. The summed E-state index contributed by atoms with van der Waals surface area (Å²) in [5.41, 5.74) is 2.01. The van der Waals surface area contributed by atoms with Crippen molar-refractivity contribution in [2.75, 3.05) is 12.0 Å². The molecule has 0 aliphatic heterocycles. The molecular weight excluding hydrogens is 214 g/mol. The highest BCUT2D eigenvalue weighted by Crippen LogP contribution is 2.09. The average molecular weight is 235 g/mol. The first-order valence-corrected chi connectivity index (χ1v) is 7.03. The van der Waals surface area contributed by atoms with Crippen molar-refractivity contribution >= 4 is 29.0 Å². The number of rotatable bonds is 9. The van der Waals surface area contributed by atoms with Crippen LogP contribution >= 0.6 is 24.0 Å². The molecule has 0 fully saturated rings. The zero-order valence-corrected chi connectivity index (χ0v) is 10.6. The third-order valence-electron chi connectivity index (χ3n) is 2.13. The Balaban J connectivity index is 2.95. The van der Waals surface area contributed by atoms with Crippen LogP contribution < -0.4 is 5.48 Å². The molecule has 2 nitrogen and oxygen atoms in total. The van der Waals surface area contributed by atoms with Crippen LogP contribution in [0.3, 0.4) is 0 Å². The molecular formula is C10H21NOS2. The smallest absolute Gasteiger partial charge is 0.100 e. The molecule has 14 heavy (non-hydrogen) atoms. The van der Waals surface area contributed by atoms with Crippen molar-refractivity contribution in [2.24, 2.45) is 0 Å². The maximum Gasteiger partial charge on any atom is 0.100 e. The molecule has 0 rings (SSSR count). The predicted molar refractivity (Wildman–Crippen MR) is 68.2 cm³/mol. The lowest BCUT2D eigenvalue weighted by atomic mass is 10.1. The van der Waals surface area contributed by atoms with Crippen LogP contribution in [-0.2, 0) is 0 Å². The van der Waals surface area contributed by atoms with Gasteiger partial charge in [-0.15, -0.1) is 0 Å². The fraction of sp³-hybridized carbons (Fsp3) is 0.900. The highest BCUT2D eigenvalue weighted by molar-refractivity contribution is 7.98. The van der Waals surface area contributed by atoms with Gasteiger partial charge in [0.25, 0.3) is 0 Å². The van der Waals surface area contributed by atoms with E-state index in [2.05, 4.69) is 6.26 Å². The predicted octanol–water partition coefficient (Wildman–Crippen LogP) is 3.39. The Labute approximate surface area is 96.8 Å². The van der Waals surface area contributed by atoms with Gasteiger partial charge >= 0.3 is 0 Å². The minimum Gasteiger partial charge on any atom is -0.291 e. The van der Waals surface area contributed by atoms with Gasteiger partial charge in [-0.1, -0.05) is 37.9 Å². The summed E-state index contributed by atoms with van der Waals surface area (Å²) in [5.74, 6) is 1.29. The number of hydrogen-bond donors (Lipinski definition) is 2. The van der Waals surface area contributed by atoms with E-state index in [-0.39, 0.29) is 0 Å². The van der Waals surface area contributed by atoms with E-state index in [1.807, 2.05) is 17.2 Å². The second kappa shape index (κ2) is 11.3. The SMILES string of the molecule is CSCCCCCCCCC(=S)NO. The molecule has 0 bridgehead atoms. The van der Waals surface area contributed by atoms with Crippen molar-refractivity contribution in [2.45, 2.75) is 44.9 Å². The Hall–Kier alpha value is 0.200. The van der Waals surface area contributed by atoms with E-state index in [0.717, 1.165) is 12.8 Å². The zero-order valence-electron chi connectivity index (χ0n) is 8.92. The van der Waals surface area contributed by atoms with Gasteiger partial charge in [-0.25, -0.2) is 0 Å². The Morgan fingerprint density at radius 3 is 2.29 bits per heavy atom. The van der Waals surface area contributed by atoms with Gasteiger partial charge in [-0.05, 0) is 31.3 Å². The number of unbranched alkanes of at least 4 members (excludes halogenated alkanes) is 5. The summed E-state index contributed by atoms with van der Waals surface area (Å²) in [6.07, 6.45) is 10.6. The van der Waals surface area contributed by atoms with Crippen LogP contribution in [0.2, 0.25) is 0 Å². The molecule has 0 atom stereocenters. The molecule has 0 radical (unpaired) electrons. The van der Waals surface area contributed by atoms with Gasteiger partial charge in [0.1, 0.15) is 4.99 Å². The van der Waals surface area contributed by atoms with Crippen molar-refractivity contribution in [3.63, 3.8) is 0 Å². The first-order valence-electron chi connectivity index (χ1n) is 5.23. The summed E-state index contributed by atoms with van der Waals surface area (Å²) in [5, 5.41) is 8.44. The van der Waals surface area contributed by atoms with Crippen LogP contribution in [0.1, 0.15) is 44.9 Å². The van der Waals surface area contributed by atoms with Crippen molar-refractivity contribution in [1.29, 1.82) is 0 Å². The highest BCUT2D eigenvalue weighted by atomic mass is 32.2. The van der Waals surface area contributed by atoms with Gasteiger partial charge in [0, 0.05) is 0 Å². The Bertz CT molecular complexity index is 142. The molecule has 0 saturated heterocycles. The fourth-order valence-corrected chi connectivity index (χ4v) is 1.93. The van der Waals surface area contributed by atoms with Crippen molar-refractivity contribution in [3.8, 4) is 0 Å². The summed E-state index contributed by atoms with van der Waals surface area (Å²) in [6, 6.07) is 0. The van der Waals surface area contributed by atoms with Gasteiger partial charge in [0.15, 0.2) is 0 Å². The molecule has 0 saturated carbocycles. The zero-order chi connectivity index (χ0) is 10.6. The van der Waals surface area contributed by atoms with Gasteiger partial charge in [0.05, 0.1) is 0 Å². The molecule has 0 spiro atoms. The second-order valence-electron chi connectivity index (χ2n) is 3.40. The molecule has 0 aliphatic carbocycles. The average Bonchev–Trinajstić information content (AvgIpc) is 2.21. The standard InChI is InChI=1S/C10H21NOS2/c1-14-9-7-5-3-2-4-6-8-10(13)11-12/h12H,2-9H2,1H3,(H,11,13). The Morgan fingerprint density at radius 1 is 1.14 bits per heavy atom. The highest BCUT2D eigenvalue weighted by Gasteiger charge is 1.94. The molecule has 4 heteroatoms. The topological polar surface area (TPSA) is 32.3 Å². The fourth-order valence-electron chi connectivity index (χ4n) is 1.29. The number of hydroxylamine groups is 1. The first-order chi connectivity index (χ1) is 6.81. The lowest BCUT2D eigenvalue weighted by Crippen LogP contribution is -2.15. The normalized spacial score (nSPS) is 10.1. The lowest BCUT2D eigenvalue weighted by Gasteiger charge is -2.02. The maximum absolute atomic E-state index is 8.44. The number of hydrogen-bond acceptors (Lipinski definition) is 3. The number of nitrogens with one attached hydrogen (secondary N) is 1. The van der Waals surface area contributed by atoms with Crippen LogP contribution in [-0.4, -0.2) is 22.2 Å². The molecule has 0 aromatic rings. The summed E-state index contributed by atoms with van der Waals surface area (Å²) >= 11 is 6.75. The van der Waals surface area contributed by atoms with Gasteiger partial charge in [0.2, 0.25) is 0 Å². The Kier molecular flexibility index (Phi) is 11.4. The summed E-state index contributed by atoms with van der Waals surface area (Å²) in [7, 11) is 0. The molecule has 0 aliphatic rings. The van der Waals surface area contributed by atoms with Crippen molar-refractivity contribution in [1.82, 2.24) is 5.48 Å². The van der Waals surface area contributed by atoms with E-state index < -0.39 is 0 Å². The maximum atomic E-state index is 8.44. The van der Waals surface area contributed by atoms with Gasteiger partial charge in [-0.2, -0.15) is 11.8 Å². The summed E-state index contributed by atoms with van der Waals surface area (Å²) in [6.45, 7) is 0. The molecule has 0 unspecified atom stereocenters. The quantitative estimate of drug-likeness (QED) is 0.364. The first kappa shape index (κ1) is 14.2. The van der Waals surface area contributed by atoms with Crippen molar-refractivity contribution < 1.29 is 5.21 Å². The third-order valence-corrected chi connectivity index (χ3v) is 3.12. The van der Waals surface area contributed by atoms with Crippen LogP contribution in [0.15, 0.2) is 0 Å². The number of thiocarbonyl (C=S) groups is 1. The monoisotopic (exact) mass is 235 g/mol. The van der Waals surface area contributed by atoms with Crippen LogP contribution in [0.4, 0.5) is 0 Å². The summed E-state index contributed by atoms with van der Waals surface area (Å²) < 4.78 is 0. The molecule has 0 amide bonds. The molecule has 0 aromatic heterocycles. The van der Waals surface area contributed by atoms with Crippen LogP contribution in [0, 0.1) is 0 Å². The van der Waals surface area contributed by atoms with Crippen LogP contribution in [0.25, 0.3) is 0 Å². The minimum absolute atomic E-state index is 0.562. The summed E-state index contributed by atoms with van der Waals surface area (Å²) in [4.78, 5) is 0.562. The molecule has 84 valence electrons. The van der Waals surface area contributed by atoms with E-state index in [1.165, 1.54) is 37.9 Å². The Morgan fingerprint density at radius 2 is 1.71 bits per heavy atom. The van der Waals surface area contributed by atoms with E-state index in [1.54, 1.807) is 0 Å². The molecule has 0 heterocycles. The lowest BCUT2D eigenvalue weighted by molar-refractivity contribution is 0.234. The largest absolute Gasteiger partial charge is 0.291 e. The van der Waals surface area contributed by atoms with Gasteiger partial charge < -0.3 is 0 Å².